The number of aryl methyl sites for hydroxylation is 2. The second-order valence-corrected chi connectivity index (χ2v) is 8.56. The number of H-pyrrole nitrogens is 1. The van der Waals surface area contributed by atoms with Crippen molar-refractivity contribution in [1.29, 1.82) is 0 Å². The fraction of sp³-hybridized carbons (Fsp3) is 0.161. The van der Waals surface area contributed by atoms with Gasteiger partial charge in [0.05, 0.1) is 6.61 Å². The van der Waals surface area contributed by atoms with Gasteiger partial charge in [0.25, 0.3) is 0 Å². The molecule has 0 radical (unpaired) electrons. The largest absolute Gasteiger partial charge is 0.461 e. The van der Waals surface area contributed by atoms with Gasteiger partial charge in [0.2, 0.25) is 0 Å². The molecule has 0 amide bonds. The lowest BCUT2D eigenvalue weighted by atomic mass is 9.89. The summed E-state index contributed by atoms with van der Waals surface area (Å²) in [6.45, 7) is 2.16. The highest BCUT2D eigenvalue weighted by Gasteiger charge is 2.24. The van der Waals surface area contributed by atoms with Crippen molar-refractivity contribution in [2.24, 2.45) is 0 Å². The standard InChI is InChI=1S/C31H28N2O2/c1-2-35-31(34)30-28(23-14-7-4-8-15-23)29-26(17-9-13-22-11-5-3-6-12-22)25(18-19-27(29)33-30)24-16-10-20-32-21-24/h3-8,10-12,14-16,18-21,33H,2,9,13,17H2,1H3. The molecule has 4 nitrogen and oxygen atoms in total. The molecule has 0 aliphatic carbocycles. The summed E-state index contributed by atoms with van der Waals surface area (Å²) in [6, 6.07) is 28.9. The van der Waals surface area contributed by atoms with Gasteiger partial charge in [-0.3, -0.25) is 4.98 Å². The smallest absolute Gasteiger partial charge is 0.355 e. The summed E-state index contributed by atoms with van der Waals surface area (Å²) in [6.07, 6.45) is 6.55. The summed E-state index contributed by atoms with van der Waals surface area (Å²) in [5, 5.41) is 1.08. The second-order valence-electron chi connectivity index (χ2n) is 8.56. The molecular formula is C31H28N2O2. The fourth-order valence-electron chi connectivity index (χ4n) is 4.78. The number of esters is 1. The minimum Gasteiger partial charge on any atom is -0.461 e. The number of nitrogens with one attached hydrogen (secondary N) is 1. The van der Waals surface area contributed by atoms with Gasteiger partial charge in [0.1, 0.15) is 5.69 Å². The molecule has 2 heterocycles. The Balaban J connectivity index is 1.70. The van der Waals surface area contributed by atoms with E-state index < -0.39 is 0 Å². The highest BCUT2D eigenvalue weighted by atomic mass is 16.5. The van der Waals surface area contributed by atoms with Crippen molar-refractivity contribution in [3.8, 4) is 22.3 Å². The normalized spacial score (nSPS) is 11.0. The highest BCUT2D eigenvalue weighted by Crippen LogP contribution is 2.40. The molecule has 0 bridgehead atoms. The molecule has 5 rings (SSSR count). The third-order valence-electron chi connectivity index (χ3n) is 6.32. The number of nitrogens with zero attached hydrogens (tertiary/aromatic N) is 1. The van der Waals surface area contributed by atoms with Crippen LogP contribution < -0.4 is 0 Å². The lowest BCUT2D eigenvalue weighted by molar-refractivity contribution is 0.0521. The van der Waals surface area contributed by atoms with Gasteiger partial charge in [0.15, 0.2) is 0 Å². The van der Waals surface area contributed by atoms with E-state index in [1.54, 1.807) is 6.20 Å². The fourth-order valence-corrected chi connectivity index (χ4v) is 4.78. The predicted octanol–water partition coefficient (Wildman–Crippen LogP) is 7.25. The monoisotopic (exact) mass is 460 g/mol. The molecule has 0 unspecified atom stereocenters. The number of hydrogen-bond donors (Lipinski definition) is 1. The predicted molar refractivity (Wildman–Crippen MR) is 141 cm³/mol. The molecule has 4 heteroatoms. The van der Waals surface area contributed by atoms with E-state index >= 15 is 0 Å². The number of benzene rings is 3. The zero-order chi connectivity index (χ0) is 24.0. The zero-order valence-electron chi connectivity index (χ0n) is 19.8. The Morgan fingerprint density at radius 3 is 2.31 bits per heavy atom. The Bertz CT molecular complexity index is 1430. The SMILES string of the molecule is CCOC(=O)c1[nH]c2ccc(-c3cccnc3)c(CCCc3ccccc3)c2c1-c1ccccc1. The van der Waals surface area contributed by atoms with Gasteiger partial charge in [-0.2, -0.15) is 0 Å². The Kier molecular flexibility index (Phi) is 6.71. The van der Waals surface area contributed by atoms with Crippen LogP contribution >= 0.6 is 0 Å². The summed E-state index contributed by atoms with van der Waals surface area (Å²) in [7, 11) is 0. The number of carbonyl (C=O) groups is 1. The first-order valence-corrected chi connectivity index (χ1v) is 12.1. The zero-order valence-corrected chi connectivity index (χ0v) is 19.8. The van der Waals surface area contributed by atoms with Crippen LogP contribution in [0.5, 0.6) is 0 Å². The molecule has 0 saturated heterocycles. The summed E-state index contributed by atoms with van der Waals surface area (Å²) in [4.78, 5) is 20.8. The number of aromatic amines is 1. The van der Waals surface area contributed by atoms with Crippen molar-refractivity contribution in [3.63, 3.8) is 0 Å². The Labute approximate surface area is 205 Å². The average molecular weight is 461 g/mol. The van der Waals surface area contributed by atoms with Crippen LogP contribution in [0, 0.1) is 0 Å². The lowest BCUT2D eigenvalue weighted by Gasteiger charge is -2.14. The number of ether oxygens (including phenoxy) is 1. The van der Waals surface area contributed by atoms with E-state index in [1.165, 1.54) is 11.1 Å². The molecule has 35 heavy (non-hydrogen) atoms. The number of fused-ring (bicyclic) bond motifs is 1. The molecule has 0 aliphatic heterocycles. The first-order valence-electron chi connectivity index (χ1n) is 12.1. The third-order valence-corrected chi connectivity index (χ3v) is 6.32. The summed E-state index contributed by atoms with van der Waals surface area (Å²) in [5.74, 6) is -0.333. The first-order chi connectivity index (χ1) is 17.3. The minimum absolute atomic E-state index is 0.327. The van der Waals surface area contributed by atoms with Crippen LogP contribution in [0.4, 0.5) is 0 Å². The number of rotatable bonds is 8. The third kappa shape index (κ3) is 4.73. The van der Waals surface area contributed by atoms with Crippen LogP contribution in [-0.4, -0.2) is 22.5 Å². The van der Waals surface area contributed by atoms with E-state index in [9.17, 15) is 4.79 Å². The van der Waals surface area contributed by atoms with Crippen LogP contribution in [0.15, 0.2) is 97.3 Å². The van der Waals surface area contributed by atoms with Crippen LogP contribution in [0.1, 0.15) is 35.0 Å². The van der Waals surface area contributed by atoms with Gasteiger partial charge in [0, 0.05) is 34.4 Å². The molecule has 0 aliphatic rings. The van der Waals surface area contributed by atoms with Crippen molar-refractivity contribution >= 4 is 16.9 Å². The molecule has 0 saturated carbocycles. The molecule has 0 spiro atoms. The Morgan fingerprint density at radius 1 is 0.857 bits per heavy atom. The summed E-state index contributed by atoms with van der Waals surface area (Å²) >= 11 is 0. The maximum absolute atomic E-state index is 13.0. The number of aromatic nitrogens is 2. The van der Waals surface area contributed by atoms with Gasteiger partial charge in [-0.15, -0.1) is 0 Å². The summed E-state index contributed by atoms with van der Waals surface area (Å²) < 4.78 is 5.43. The van der Waals surface area contributed by atoms with E-state index in [2.05, 4.69) is 64.6 Å². The molecule has 5 aromatic rings. The topological polar surface area (TPSA) is 55.0 Å². The van der Waals surface area contributed by atoms with Crippen LogP contribution in [0.3, 0.4) is 0 Å². The lowest BCUT2D eigenvalue weighted by Crippen LogP contribution is -2.06. The maximum Gasteiger partial charge on any atom is 0.355 e. The van der Waals surface area contributed by atoms with Crippen molar-refractivity contribution in [3.05, 3.63) is 114 Å². The van der Waals surface area contributed by atoms with Crippen LogP contribution in [0.2, 0.25) is 0 Å². The maximum atomic E-state index is 13.0. The molecule has 0 fully saturated rings. The quantitative estimate of drug-likeness (QED) is 0.248. The van der Waals surface area contributed by atoms with Crippen molar-refractivity contribution in [1.82, 2.24) is 9.97 Å². The van der Waals surface area contributed by atoms with Crippen molar-refractivity contribution < 1.29 is 9.53 Å². The van der Waals surface area contributed by atoms with Gasteiger partial charge in [-0.05, 0) is 60.6 Å². The van der Waals surface area contributed by atoms with Gasteiger partial charge < -0.3 is 9.72 Å². The van der Waals surface area contributed by atoms with E-state index in [-0.39, 0.29) is 5.97 Å². The second kappa shape index (κ2) is 10.4. The molecule has 1 N–H and O–H groups in total. The van der Waals surface area contributed by atoms with E-state index in [0.717, 1.165) is 52.4 Å². The number of carbonyl (C=O) groups excluding carboxylic acids is 1. The number of pyridine rings is 1. The van der Waals surface area contributed by atoms with Crippen molar-refractivity contribution in [2.45, 2.75) is 26.2 Å². The Morgan fingerprint density at radius 2 is 1.60 bits per heavy atom. The highest BCUT2D eigenvalue weighted by molar-refractivity contribution is 6.10. The van der Waals surface area contributed by atoms with Gasteiger partial charge in [-0.1, -0.05) is 72.8 Å². The Hall–Kier alpha value is -4.18. The van der Waals surface area contributed by atoms with Crippen LogP contribution in [0.25, 0.3) is 33.2 Å². The molecule has 2 aromatic heterocycles. The van der Waals surface area contributed by atoms with E-state index in [1.807, 2.05) is 43.5 Å². The first kappa shape index (κ1) is 22.6. The van der Waals surface area contributed by atoms with Crippen LogP contribution in [-0.2, 0) is 17.6 Å². The summed E-state index contributed by atoms with van der Waals surface area (Å²) in [5.41, 5.74) is 8.10. The van der Waals surface area contributed by atoms with Crippen molar-refractivity contribution in [2.75, 3.05) is 6.61 Å². The van der Waals surface area contributed by atoms with Gasteiger partial charge >= 0.3 is 5.97 Å². The molecule has 174 valence electrons. The number of hydrogen-bond acceptors (Lipinski definition) is 3. The average Bonchev–Trinajstić information content (AvgIpc) is 3.31. The van der Waals surface area contributed by atoms with E-state index in [0.29, 0.717) is 12.3 Å². The van der Waals surface area contributed by atoms with E-state index in [4.69, 9.17) is 4.74 Å². The van der Waals surface area contributed by atoms with Gasteiger partial charge in [-0.25, -0.2) is 4.79 Å². The molecule has 0 atom stereocenters. The molecule has 3 aromatic carbocycles. The molecular weight excluding hydrogens is 432 g/mol. The minimum atomic E-state index is -0.333.